The van der Waals surface area contributed by atoms with Gasteiger partial charge in [-0.15, -0.1) is 11.8 Å². The molecule has 0 radical (unpaired) electrons. The lowest BCUT2D eigenvalue weighted by molar-refractivity contribution is -0.115. The molecule has 2 aromatic carbocycles. The van der Waals surface area contributed by atoms with Gasteiger partial charge < -0.3 is 5.32 Å². The minimum Gasteiger partial charge on any atom is -0.326 e. The first-order valence-electron chi connectivity index (χ1n) is 9.74. The van der Waals surface area contributed by atoms with Gasteiger partial charge in [-0.3, -0.25) is 14.9 Å². The Balaban J connectivity index is 1.34. The Bertz CT molecular complexity index is 1180. The van der Waals surface area contributed by atoms with Gasteiger partial charge in [-0.2, -0.15) is 5.10 Å². The molecule has 4 aromatic rings. The third-order valence-corrected chi connectivity index (χ3v) is 5.56. The first kappa shape index (κ1) is 19.9. The van der Waals surface area contributed by atoms with Gasteiger partial charge in [0.1, 0.15) is 0 Å². The first-order valence-corrected chi connectivity index (χ1v) is 10.7. The van der Waals surface area contributed by atoms with E-state index in [1.807, 2.05) is 61.5 Å². The standard InChI is InChI=1S/C24H22N4OS/c1-17-5-4-7-19(15-17)26-24(29)12-14-30-20-9-10-21-22(27-28-23(21)16-20)11-8-18-6-2-3-13-25-18/h2-11,13,15-16H,12,14H2,1H3,(H,26,29)(H,27,28). The van der Waals surface area contributed by atoms with E-state index in [0.717, 1.165) is 38.4 Å². The van der Waals surface area contributed by atoms with Gasteiger partial charge in [0.2, 0.25) is 5.91 Å². The van der Waals surface area contributed by atoms with Crippen LogP contribution in [0.4, 0.5) is 5.69 Å². The second-order valence-electron chi connectivity index (χ2n) is 6.92. The average molecular weight is 415 g/mol. The summed E-state index contributed by atoms with van der Waals surface area (Å²) in [6.45, 7) is 2.01. The van der Waals surface area contributed by atoms with E-state index in [0.29, 0.717) is 12.2 Å². The van der Waals surface area contributed by atoms with E-state index in [2.05, 4.69) is 38.7 Å². The molecule has 0 spiro atoms. The molecule has 4 rings (SSSR count). The maximum Gasteiger partial charge on any atom is 0.225 e. The van der Waals surface area contributed by atoms with E-state index in [-0.39, 0.29) is 5.91 Å². The minimum absolute atomic E-state index is 0.0256. The third-order valence-electron chi connectivity index (χ3n) is 4.56. The lowest BCUT2D eigenvalue weighted by atomic mass is 10.2. The van der Waals surface area contributed by atoms with Gasteiger partial charge in [-0.25, -0.2) is 0 Å². The van der Waals surface area contributed by atoms with Crippen LogP contribution in [0.2, 0.25) is 0 Å². The number of nitrogens with one attached hydrogen (secondary N) is 2. The van der Waals surface area contributed by atoms with Crippen LogP contribution in [-0.2, 0) is 4.79 Å². The number of pyridine rings is 1. The van der Waals surface area contributed by atoms with Gasteiger partial charge in [0.25, 0.3) is 0 Å². The number of carbonyl (C=O) groups excluding carboxylic acids is 1. The van der Waals surface area contributed by atoms with Crippen molar-refractivity contribution < 1.29 is 4.79 Å². The number of amides is 1. The van der Waals surface area contributed by atoms with Crippen molar-refractivity contribution in [2.24, 2.45) is 0 Å². The zero-order chi connectivity index (χ0) is 20.8. The average Bonchev–Trinajstić information content (AvgIpc) is 3.15. The molecule has 0 unspecified atom stereocenters. The van der Waals surface area contributed by atoms with Crippen molar-refractivity contribution in [1.29, 1.82) is 0 Å². The number of carbonyl (C=O) groups is 1. The highest BCUT2D eigenvalue weighted by molar-refractivity contribution is 7.99. The van der Waals surface area contributed by atoms with Crippen LogP contribution in [0.3, 0.4) is 0 Å². The van der Waals surface area contributed by atoms with E-state index < -0.39 is 0 Å². The number of benzene rings is 2. The maximum atomic E-state index is 12.2. The van der Waals surface area contributed by atoms with Gasteiger partial charge in [-0.1, -0.05) is 18.2 Å². The van der Waals surface area contributed by atoms with Crippen LogP contribution in [0.15, 0.2) is 71.8 Å². The number of thioether (sulfide) groups is 1. The summed E-state index contributed by atoms with van der Waals surface area (Å²) in [5, 5.41) is 11.5. The van der Waals surface area contributed by atoms with Crippen molar-refractivity contribution in [3.05, 3.63) is 83.8 Å². The van der Waals surface area contributed by atoms with Crippen LogP contribution in [0.1, 0.15) is 23.4 Å². The Labute approximate surface area is 179 Å². The number of anilines is 1. The molecule has 2 N–H and O–H groups in total. The third kappa shape index (κ3) is 5.15. The number of hydrogen-bond donors (Lipinski definition) is 2. The predicted molar refractivity (Wildman–Crippen MR) is 124 cm³/mol. The van der Waals surface area contributed by atoms with Crippen LogP contribution in [-0.4, -0.2) is 26.8 Å². The highest BCUT2D eigenvalue weighted by atomic mass is 32.2. The van der Waals surface area contributed by atoms with Crippen LogP contribution in [0.5, 0.6) is 0 Å². The second kappa shape index (κ2) is 9.41. The smallest absolute Gasteiger partial charge is 0.225 e. The van der Waals surface area contributed by atoms with Crippen molar-refractivity contribution in [1.82, 2.24) is 15.2 Å². The minimum atomic E-state index is 0.0256. The maximum absolute atomic E-state index is 12.2. The quantitative estimate of drug-likeness (QED) is 0.389. The van der Waals surface area contributed by atoms with E-state index in [1.165, 1.54) is 0 Å². The summed E-state index contributed by atoms with van der Waals surface area (Å²) in [6.07, 6.45) is 6.14. The monoisotopic (exact) mass is 414 g/mol. The van der Waals surface area contributed by atoms with Gasteiger partial charge in [0, 0.05) is 34.3 Å². The molecule has 0 aliphatic carbocycles. The van der Waals surface area contributed by atoms with E-state index in [4.69, 9.17) is 0 Å². The Kier molecular flexibility index (Phi) is 6.25. The van der Waals surface area contributed by atoms with Crippen molar-refractivity contribution >= 4 is 46.4 Å². The van der Waals surface area contributed by atoms with Gasteiger partial charge in [0.05, 0.1) is 16.9 Å². The second-order valence-corrected chi connectivity index (χ2v) is 8.09. The highest BCUT2D eigenvalue weighted by Gasteiger charge is 2.07. The number of rotatable bonds is 7. The summed E-state index contributed by atoms with van der Waals surface area (Å²) in [5.41, 5.74) is 4.72. The Morgan fingerprint density at radius 1 is 1.10 bits per heavy atom. The summed E-state index contributed by atoms with van der Waals surface area (Å²) in [6, 6.07) is 19.8. The van der Waals surface area contributed by atoms with Crippen LogP contribution in [0, 0.1) is 6.92 Å². The number of aromatic nitrogens is 3. The van der Waals surface area contributed by atoms with Crippen molar-refractivity contribution in [2.45, 2.75) is 18.2 Å². The summed E-state index contributed by atoms with van der Waals surface area (Å²) in [7, 11) is 0. The summed E-state index contributed by atoms with van der Waals surface area (Å²) < 4.78 is 0. The Morgan fingerprint density at radius 3 is 2.87 bits per heavy atom. The molecule has 0 aliphatic heterocycles. The molecule has 0 saturated carbocycles. The van der Waals surface area contributed by atoms with E-state index in [9.17, 15) is 4.79 Å². The van der Waals surface area contributed by atoms with Crippen molar-refractivity contribution in [3.63, 3.8) is 0 Å². The normalized spacial score (nSPS) is 11.2. The fourth-order valence-corrected chi connectivity index (χ4v) is 3.97. The highest BCUT2D eigenvalue weighted by Crippen LogP contribution is 2.25. The molecule has 0 aliphatic rings. The fourth-order valence-electron chi connectivity index (χ4n) is 3.08. The predicted octanol–water partition coefficient (Wildman–Crippen LogP) is 5.56. The molecule has 30 heavy (non-hydrogen) atoms. The lowest BCUT2D eigenvalue weighted by Gasteiger charge is -2.06. The molecule has 1 amide bonds. The topological polar surface area (TPSA) is 70.7 Å². The molecule has 0 saturated heterocycles. The van der Waals surface area contributed by atoms with Crippen LogP contribution in [0.25, 0.3) is 23.1 Å². The van der Waals surface area contributed by atoms with Crippen LogP contribution < -0.4 is 5.32 Å². The molecule has 2 heterocycles. The van der Waals surface area contributed by atoms with E-state index >= 15 is 0 Å². The molecule has 5 nitrogen and oxygen atoms in total. The number of aromatic amines is 1. The largest absolute Gasteiger partial charge is 0.326 e. The molecular weight excluding hydrogens is 392 g/mol. The van der Waals surface area contributed by atoms with Gasteiger partial charge in [0.15, 0.2) is 0 Å². The number of nitrogens with zero attached hydrogens (tertiary/aromatic N) is 2. The first-order chi connectivity index (χ1) is 14.7. The number of fused-ring (bicyclic) bond motifs is 1. The number of aryl methyl sites for hydroxylation is 1. The molecule has 0 atom stereocenters. The Hall–Kier alpha value is -3.38. The van der Waals surface area contributed by atoms with E-state index in [1.54, 1.807) is 18.0 Å². The SMILES string of the molecule is Cc1cccc(NC(=O)CCSc2ccc3c(C=Cc4ccccn4)n[nH]c3c2)c1. The fraction of sp³-hybridized carbons (Fsp3) is 0.125. The zero-order valence-electron chi connectivity index (χ0n) is 16.6. The number of hydrogen-bond acceptors (Lipinski definition) is 4. The zero-order valence-corrected chi connectivity index (χ0v) is 17.4. The summed E-state index contributed by atoms with van der Waals surface area (Å²) in [5.74, 6) is 0.738. The summed E-state index contributed by atoms with van der Waals surface area (Å²) >= 11 is 1.66. The molecule has 6 heteroatoms. The van der Waals surface area contributed by atoms with Crippen molar-refractivity contribution in [3.8, 4) is 0 Å². The molecular formula is C24H22N4OS. The van der Waals surface area contributed by atoms with Crippen LogP contribution >= 0.6 is 11.8 Å². The summed E-state index contributed by atoms with van der Waals surface area (Å²) in [4.78, 5) is 17.6. The molecule has 2 aromatic heterocycles. The molecule has 150 valence electrons. The number of H-pyrrole nitrogens is 1. The molecule has 0 bridgehead atoms. The Morgan fingerprint density at radius 2 is 2.03 bits per heavy atom. The van der Waals surface area contributed by atoms with Gasteiger partial charge >= 0.3 is 0 Å². The lowest BCUT2D eigenvalue weighted by Crippen LogP contribution is -2.12. The molecule has 0 fully saturated rings. The van der Waals surface area contributed by atoms with Crippen molar-refractivity contribution in [2.75, 3.05) is 11.1 Å². The van der Waals surface area contributed by atoms with Gasteiger partial charge in [-0.05, 0) is 67.1 Å².